The van der Waals surface area contributed by atoms with Crippen LogP contribution in [-0.2, 0) is 14.3 Å². The first-order valence-electron chi connectivity index (χ1n) is 4.65. The summed E-state index contributed by atoms with van der Waals surface area (Å²) in [5, 5.41) is -0.507. The lowest BCUT2D eigenvalue weighted by molar-refractivity contribution is -0.144. The number of allylic oxidation sites excluding steroid dienone is 1. The first-order chi connectivity index (χ1) is 6.66. The molecule has 0 aliphatic heterocycles. The van der Waals surface area contributed by atoms with E-state index in [1.165, 1.54) is 0 Å². The highest BCUT2D eigenvalue weighted by Gasteiger charge is 2.04. The Balaban J connectivity index is 3.35. The van der Waals surface area contributed by atoms with Crippen molar-refractivity contribution in [3.63, 3.8) is 0 Å². The molecule has 0 aromatic heterocycles. The van der Waals surface area contributed by atoms with Gasteiger partial charge in [0.1, 0.15) is 0 Å². The highest BCUT2D eigenvalue weighted by atomic mass is 35.5. The van der Waals surface area contributed by atoms with Gasteiger partial charge in [0.15, 0.2) is 0 Å². The Labute approximate surface area is 89.1 Å². The number of carbonyl (C=O) groups excluding carboxylic acids is 2. The van der Waals surface area contributed by atoms with E-state index in [1.807, 2.05) is 19.1 Å². The first-order valence-corrected chi connectivity index (χ1v) is 5.03. The van der Waals surface area contributed by atoms with Crippen LogP contribution in [0.3, 0.4) is 0 Å². The lowest BCUT2D eigenvalue weighted by Crippen LogP contribution is -2.06. The maximum Gasteiger partial charge on any atom is 0.306 e. The topological polar surface area (TPSA) is 43.4 Å². The molecule has 0 spiro atoms. The monoisotopic (exact) mass is 218 g/mol. The van der Waals surface area contributed by atoms with Crippen LogP contribution in [0.1, 0.15) is 32.6 Å². The summed E-state index contributed by atoms with van der Waals surface area (Å²) in [5.41, 5.74) is 0. The molecule has 0 aliphatic carbocycles. The van der Waals surface area contributed by atoms with Gasteiger partial charge in [0.05, 0.1) is 13.0 Å². The van der Waals surface area contributed by atoms with Crippen LogP contribution in [0.25, 0.3) is 0 Å². The predicted molar refractivity (Wildman–Crippen MR) is 55.1 cm³/mol. The third-order valence-corrected chi connectivity index (χ3v) is 1.66. The molecular weight excluding hydrogens is 204 g/mol. The zero-order valence-electron chi connectivity index (χ0n) is 8.29. The van der Waals surface area contributed by atoms with Crippen molar-refractivity contribution in [3.05, 3.63) is 12.2 Å². The van der Waals surface area contributed by atoms with Gasteiger partial charge in [-0.15, -0.1) is 0 Å². The van der Waals surface area contributed by atoms with Gasteiger partial charge in [-0.05, 0) is 24.4 Å². The van der Waals surface area contributed by atoms with Crippen LogP contribution < -0.4 is 0 Å². The normalized spacial score (nSPS) is 10.4. The quantitative estimate of drug-likeness (QED) is 0.285. The van der Waals surface area contributed by atoms with E-state index in [9.17, 15) is 9.59 Å². The third kappa shape index (κ3) is 9.26. The highest BCUT2D eigenvalue weighted by molar-refractivity contribution is 6.63. The number of esters is 1. The van der Waals surface area contributed by atoms with Gasteiger partial charge in [-0.1, -0.05) is 19.1 Å². The molecule has 0 fully saturated rings. The Kier molecular flexibility index (Phi) is 8.24. The molecule has 0 bridgehead atoms. The van der Waals surface area contributed by atoms with E-state index < -0.39 is 5.24 Å². The van der Waals surface area contributed by atoms with Crippen LogP contribution in [0.4, 0.5) is 0 Å². The Morgan fingerprint density at radius 2 is 2.00 bits per heavy atom. The minimum atomic E-state index is -0.507. The maximum absolute atomic E-state index is 10.9. The number of ether oxygens (including phenoxy) is 1. The Morgan fingerprint density at radius 3 is 2.57 bits per heavy atom. The Morgan fingerprint density at radius 1 is 1.29 bits per heavy atom. The summed E-state index contributed by atoms with van der Waals surface area (Å²) in [6, 6.07) is 0. The van der Waals surface area contributed by atoms with Crippen molar-refractivity contribution in [2.75, 3.05) is 6.61 Å². The van der Waals surface area contributed by atoms with E-state index in [2.05, 4.69) is 0 Å². The fourth-order valence-electron chi connectivity index (χ4n) is 0.798. The number of hydrogen-bond acceptors (Lipinski definition) is 3. The van der Waals surface area contributed by atoms with Crippen LogP contribution in [0, 0.1) is 0 Å². The van der Waals surface area contributed by atoms with Crippen molar-refractivity contribution in [1.29, 1.82) is 0 Å². The molecule has 80 valence electrons. The largest absolute Gasteiger partial charge is 0.465 e. The van der Waals surface area contributed by atoms with Crippen LogP contribution >= 0.6 is 11.6 Å². The molecule has 0 aromatic carbocycles. The molecule has 0 heterocycles. The summed E-state index contributed by atoms with van der Waals surface area (Å²) in [5.74, 6) is -0.371. The van der Waals surface area contributed by atoms with E-state index in [-0.39, 0.29) is 18.8 Å². The standard InChI is InChI=1S/C10H15ClO3/c1-2-3-4-5-8-14-10(13)7-6-9(11)12/h3-4H,2,5-8H2,1H3. The summed E-state index contributed by atoms with van der Waals surface area (Å²) < 4.78 is 4.84. The number of halogens is 1. The smallest absolute Gasteiger partial charge is 0.306 e. The second-order valence-corrected chi connectivity index (χ2v) is 3.17. The van der Waals surface area contributed by atoms with Gasteiger partial charge in [-0.2, -0.15) is 0 Å². The molecule has 0 unspecified atom stereocenters. The summed E-state index contributed by atoms with van der Waals surface area (Å²) in [6.07, 6.45) is 5.78. The molecule has 0 atom stereocenters. The van der Waals surface area contributed by atoms with E-state index in [1.54, 1.807) is 0 Å². The van der Waals surface area contributed by atoms with Crippen LogP contribution in [0.2, 0.25) is 0 Å². The van der Waals surface area contributed by atoms with Crippen molar-refractivity contribution in [2.24, 2.45) is 0 Å². The predicted octanol–water partition coefficient (Wildman–Crippen LogP) is 2.43. The molecule has 0 N–H and O–H groups in total. The number of carbonyl (C=O) groups is 2. The third-order valence-electron chi connectivity index (χ3n) is 1.48. The van der Waals surface area contributed by atoms with Gasteiger partial charge >= 0.3 is 5.97 Å². The molecule has 0 saturated heterocycles. The summed E-state index contributed by atoms with van der Waals surface area (Å²) in [7, 11) is 0. The molecule has 0 aliphatic rings. The van der Waals surface area contributed by atoms with Crippen molar-refractivity contribution in [1.82, 2.24) is 0 Å². The van der Waals surface area contributed by atoms with Gasteiger partial charge in [0, 0.05) is 6.42 Å². The molecule has 4 heteroatoms. The van der Waals surface area contributed by atoms with Crippen LogP contribution in [0.15, 0.2) is 12.2 Å². The van der Waals surface area contributed by atoms with Gasteiger partial charge < -0.3 is 4.74 Å². The molecular formula is C10H15ClO3. The highest BCUT2D eigenvalue weighted by Crippen LogP contribution is 1.98. The summed E-state index contributed by atoms with van der Waals surface area (Å²) in [6.45, 7) is 2.40. The van der Waals surface area contributed by atoms with Crippen molar-refractivity contribution in [3.8, 4) is 0 Å². The fourth-order valence-corrected chi connectivity index (χ4v) is 0.892. The van der Waals surface area contributed by atoms with Crippen molar-refractivity contribution < 1.29 is 14.3 Å². The van der Waals surface area contributed by atoms with Crippen LogP contribution in [-0.4, -0.2) is 17.8 Å². The average Bonchev–Trinajstić information content (AvgIpc) is 2.14. The Hall–Kier alpha value is -0.830. The van der Waals surface area contributed by atoms with Gasteiger partial charge in [-0.25, -0.2) is 0 Å². The lowest BCUT2D eigenvalue weighted by Gasteiger charge is -2.00. The van der Waals surface area contributed by atoms with Crippen LogP contribution in [0.5, 0.6) is 0 Å². The van der Waals surface area contributed by atoms with E-state index in [4.69, 9.17) is 16.3 Å². The van der Waals surface area contributed by atoms with E-state index >= 15 is 0 Å². The second kappa shape index (κ2) is 8.75. The van der Waals surface area contributed by atoms with Crippen molar-refractivity contribution in [2.45, 2.75) is 32.6 Å². The second-order valence-electron chi connectivity index (χ2n) is 2.74. The molecule has 0 rings (SSSR count). The van der Waals surface area contributed by atoms with Crippen molar-refractivity contribution >= 4 is 22.8 Å². The maximum atomic E-state index is 10.9. The molecule has 0 amide bonds. The Bertz CT molecular complexity index is 211. The minimum Gasteiger partial charge on any atom is -0.465 e. The van der Waals surface area contributed by atoms with Gasteiger partial charge in [0.2, 0.25) is 5.24 Å². The zero-order chi connectivity index (χ0) is 10.8. The number of rotatable bonds is 7. The lowest BCUT2D eigenvalue weighted by atomic mass is 10.3. The number of hydrogen-bond donors (Lipinski definition) is 0. The molecule has 14 heavy (non-hydrogen) atoms. The van der Waals surface area contributed by atoms with Gasteiger partial charge in [-0.3, -0.25) is 9.59 Å². The van der Waals surface area contributed by atoms with E-state index in [0.29, 0.717) is 13.0 Å². The van der Waals surface area contributed by atoms with E-state index in [0.717, 1.165) is 6.42 Å². The van der Waals surface area contributed by atoms with Gasteiger partial charge in [0.25, 0.3) is 0 Å². The summed E-state index contributed by atoms with van der Waals surface area (Å²) >= 11 is 5.07. The first kappa shape index (κ1) is 13.2. The molecule has 0 saturated carbocycles. The molecule has 3 nitrogen and oxygen atoms in total. The minimum absolute atomic E-state index is 0.0468. The summed E-state index contributed by atoms with van der Waals surface area (Å²) in [4.78, 5) is 21.2. The SMILES string of the molecule is CCC=CCCOC(=O)CCC(=O)Cl. The zero-order valence-corrected chi connectivity index (χ0v) is 9.05. The molecule has 0 radical (unpaired) electrons. The fraction of sp³-hybridized carbons (Fsp3) is 0.600. The molecule has 0 aromatic rings. The average molecular weight is 219 g/mol.